The van der Waals surface area contributed by atoms with Gasteiger partial charge in [-0.15, -0.1) is 0 Å². The summed E-state index contributed by atoms with van der Waals surface area (Å²) in [6, 6.07) is 10.1. The first-order chi connectivity index (χ1) is 11.1. The first kappa shape index (κ1) is 16.9. The molecule has 3 rings (SSSR count). The predicted molar refractivity (Wildman–Crippen MR) is 91.1 cm³/mol. The molecule has 23 heavy (non-hydrogen) atoms. The second-order valence-electron chi connectivity index (χ2n) is 7.53. The van der Waals surface area contributed by atoms with E-state index >= 15 is 0 Å². The molecule has 0 aromatic heterocycles. The van der Waals surface area contributed by atoms with Crippen molar-refractivity contribution >= 4 is 0 Å². The Labute approximate surface area is 140 Å². The van der Waals surface area contributed by atoms with Crippen molar-refractivity contribution in [3.8, 4) is 0 Å². The molecule has 5 atom stereocenters. The predicted octanol–water partition coefficient (Wildman–Crippen LogP) is 4.58. The van der Waals surface area contributed by atoms with E-state index in [2.05, 4.69) is 20.8 Å². The average molecular weight is 318 g/mol. The fourth-order valence-corrected chi connectivity index (χ4v) is 3.86. The van der Waals surface area contributed by atoms with Crippen molar-refractivity contribution in [2.24, 2.45) is 17.8 Å². The Balaban J connectivity index is 1.50. The van der Waals surface area contributed by atoms with Gasteiger partial charge in [-0.1, -0.05) is 57.5 Å². The highest BCUT2D eigenvalue weighted by Crippen LogP contribution is 2.36. The Bertz CT molecular complexity index is 473. The molecular formula is C20H30O3. The van der Waals surface area contributed by atoms with Crippen molar-refractivity contribution < 1.29 is 14.2 Å². The molecule has 1 aliphatic carbocycles. The molecule has 1 saturated carbocycles. The number of benzene rings is 1. The largest absolute Gasteiger partial charge is 0.375 e. The van der Waals surface area contributed by atoms with Gasteiger partial charge in [-0.05, 0) is 30.6 Å². The third-order valence-electron chi connectivity index (χ3n) is 5.28. The molecule has 1 heterocycles. The van der Waals surface area contributed by atoms with Crippen molar-refractivity contribution in [2.45, 2.75) is 58.5 Å². The number of ether oxygens (including phenoxy) is 3. The lowest BCUT2D eigenvalue weighted by molar-refractivity contribution is -0.0993. The molecule has 0 radical (unpaired) electrons. The van der Waals surface area contributed by atoms with Crippen LogP contribution in [-0.2, 0) is 14.2 Å². The van der Waals surface area contributed by atoms with Crippen LogP contribution in [0.5, 0.6) is 0 Å². The third kappa shape index (κ3) is 4.34. The summed E-state index contributed by atoms with van der Waals surface area (Å²) in [6.07, 6.45) is 3.98. The summed E-state index contributed by atoms with van der Waals surface area (Å²) in [4.78, 5) is 0. The second-order valence-corrected chi connectivity index (χ2v) is 7.53. The van der Waals surface area contributed by atoms with Crippen LogP contribution >= 0.6 is 0 Å². The maximum Gasteiger partial charge on any atom is 0.184 e. The number of hydrogen-bond donors (Lipinski definition) is 0. The average Bonchev–Trinajstić information content (AvgIpc) is 3.02. The maximum absolute atomic E-state index is 6.29. The van der Waals surface area contributed by atoms with Gasteiger partial charge in [-0.25, -0.2) is 0 Å². The Kier molecular flexibility index (Phi) is 5.73. The topological polar surface area (TPSA) is 27.7 Å². The summed E-state index contributed by atoms with van der Waals surface area (Å²) in [5.41, 5.74) is 1.08. The highest BCUT2D eigenvalue weighted by Gasteiger charge is 2.33. The van der Waals surface area contributed by atoms with Gasteiger partial charge in [0.25, 0.3) is 0 Å². The normalized spacial score (nSPS) is 34.9. The molecule has 3 unspecified atom stereocenters. The van der Waals surface area contributed by atoms with Crippen molar-refractivity contribution in [2.75, 3.05) is 13.2 Å². The second kappa shape index (κ2) is 7.78. The van der Waals surface area contributed by atoms with Crippen molar-refractivity contribution in [3.63, 3.8) is 0 Å². The standard InChI is InChI=1S/C20H30O3/c1-14(2)18-10-9-15(3)11-19(18)21-12-17-13-22-20(23-17)16-7-5-4-6-8-16/h4-8,14-15,17-20H,9-13H2,1-3H3/t15-,17?,18+,19?,20?/m1/s1. The lowest BCUT2D eigenvalue weighted by Crippen LogP contribution is -2.36. The zero-order chi connectivity index (χ0) is 16.2. The van der Waals surface area contributed by atoms with E-state index in [0.29, 0.717) is 31.2 Å². The van der Waals surface area contributed by atoms with Crippen LogP contribution in [0.2, 0.25) is 0 Å². The van der Waals surface area contributed by atoms with E-state index in [0.717, 1.165) is 11.5 Å². The van der Waals surface area contributed by atoms with Crippen LogP contribution in [0, 0.1) is 17.8 Å². The van der Waals surface area contributed by atoms with Crippen LogP contribution in [0.25, 0.3) is 0 Å². The van der Waals surface area contributed by atoms with E-state index in [1.807, 2.05) is 30.3 Å². The van der Waals surface area contributed by atoms with Gasteiger partial charge >= 0.3 is 0 Å². The van der Waals surface area contributed by atoms with Gasteiger partial charge in [-0.3, -0.25) is 0 Å². The number of hydrogen-bond acceptors (Lipinski definition) is 3. The van der Waals surface area contributed by atoms with Crippen LogP contribution in [0.1, 0.15) is 51.9 Å². The molecule has 1 aliphatic heterocycles. The molecule has 3 heteroatoms. The Hall–Kier alpha value is -0.900. The zero-order valence-electron chi connectivity index (χ0n) is 14.6. The van der Waals surface area contributed by atoms with Crippen LogP contribution in [0.4, 0.5) is 0 Å². The van der Waals surface area contributed by atoms with E-state index in [4.69, 9.17) is 14.2 Å². The van der Waals surface area contributed by atoms with E-state index in [1.54, 1.807) is 0 Å². The van der Waals surface area contributed by atoms with Gasteiger partial charge < -0.3 is 14.2 Å². The van der Waals surface area contributed by atoms with Gasteiger partial charge in [0.15, 0.2) is 6.29 Å². The van der Waals surface area contributed by atoms with E-state index in [1.165, 1.54) is 19.3 Å². The first-order valence-corrected chi connectivity index (χ1v) is 9.07. The molecule has 0 bridgehead atoms. The molecule has 3 nitrogen and oxygen atoms in total. The van der Waals surface area contributed by atoms with Gasteiger partial charge in [0, 0.05) is 5.56 Å². The SMILES string of the molecule is CC(C)[C@@H]1CC[C@@H](C)CC1OCC1COC(c2ccccc2)O1. The minimum atomic E-state index is -0.240. The monoisotopic (exact) mass is 318 g/mol. The molecule has 128 valence electrons. The summed E-state index contributed by atoms with van der Waals surface area (Å²) >= 11 is 0. The smallest absolute Gasteiger partial charge is 0.184 e. The van der Waals surface area contributed by atoms with Gasteiger partial charge in [0.1, 0.15) is 6.10 Å². The highest BCUT2D eigenvalue weighted by molar-refractivity contribution is 5.16. The lowest BCUT2D eigenvalue weighted by Gasteiger charge is -2.37. The third-order valence-corrected chi connectivity index (χ3v) is 5.28. The molecule has 2 fully saturated rings. The molecule has 1 saturated heterocycles. The minimum absolute atomic E-state index is 0.0465. The van der Waals surface area contributed by atoms with E-state index in [9.17, 15) is 0 Å². The lowest BCUT2D eigenvalue weighted by atomic mass is 9.75. The summed E-state index contributed by atoms with van der Waals surface area (Å²) < 4.78 is 18.1. The molecule has 1 aromatic rings. The van der Waals surface area contributed by atoms with Gasteiger partial charge in [-0.2, -0.15) is 0 Å². The summed E-state index contributed by atoms with van der Waals surface area (Å²) in [6.45, 7) is 8.24. The van der Waals surface area contributed by atoms with E-state index < -0.39 is 0 Å². The first-order valence-electron chi connectivity index (χ1n) is 9.07. The fourth-order valence-electron chi connectivity index (χ4n) is 3.86. The summed E-state index contributed by atoms with van der Waals surface area (Å²) in [7, 11) is 0. The highest BCUT2D eigenvalue weighted by atomic mass is 16.7. The van der Waals surface area contributed by atoms with E-state index in [-0.39, 0.29) is 12.4 Å². The van der Waals surface area contributed by atoms with Crippen LogP contribution in [0.3, 0.4) is 0 Å². The van der Waals surface area contributed by atoms with Crippen molar-refractivity contribution in [1.82, 2.24) is 0 Å². The zero-order valence-corrected chi connectivity index (χ0v) is 14.6. The molecule has 0 amide bonds. The van der Waals surface area contributed by atoms with Crippen molar-refractivity contribution in [3.05, 3.63) is 35.9 Å². The van der Waals surface area contributed by atoms with Crippen molar-refractivity contribution in [1.29, 1.82) is 0 Å². The molecule has 0 N–H and O–H groups in total. The minimum Gasteiger partial charge on any atom is -0.375 e. The van der Waals surface area contributed by atoms with Crippen LogP contribution < -0.4 is 0 Å². The Morgan fingerprint density at radius 2 is 1.96 bits per heavy atom. The van der Waals surface area contributed by atoms with Gasteiger partial charge in [0.2, 0.25) is 0 Å². The number of rotatable bonds is 5. The summed E-state index contributed by atoms with van der Waals surface area (Å²) in [5, 5.41) is 0. The fraction of sp³-hybridized carbons (Fsp3) is 0.700. The van der Waals surface area contributed by atoms with Gasteiger partial charge in [0.05, 0.1) is 19.3 Å². The molecular weight excluding hydrogens is 288 g/mol. The molecule has 1 aromatic carbocycles. The molecule has 2 aliphatic rings. The Morgan fingerprint density at radius 1 is 1.17 bits per heavy atom. The quantitative estimate of drug-likeness (QED) is 0.795. The Morgan fingerprint density at radius 3 is 2.70 bits per heavy atom. The van der Waals surface area contributed by atoms with Crippen LogP contribution in [-0.4, -0.2) is 25.4 Å². The van der Waals surface area contributed by atoms with Crippen LogP contribution in [0.15, 0.2) is 30.3 Å². The maximum atomic E-state index is 6.29. The molecule has 0 spiro atoms. The summed E-state index contributed by atoms with van der Waals surface area (Å²) in [5.74, 6) is 2.14.